The summed E-state index contributed by atoms with van der Waals surface area (Å²) in [6, 6.07) is 9.06. The van der Waals surface area contributed by atoms with Gasteiger partial charge in [-0.05, 0) is 31.0 Å². The number of amides is 2. The molecular weight excluding hydrogens is 278 g/mol. The zero-order valence-electron chi connectivity index (χ0n) is 12.7. The van der Waals surface area contributed by atoms with Crippen LogP contribution in [0.25, 0.3) is 0 Å². The van der Waals surface area contributed by atoms with Crippen LogP contribution >= 0.6 is 0 Å². The highest BCUT2D eigenvalue weighted by Crippen LogP contribution is 2.14. The number of pyridine rings is 1. The van der Waals surface area contributed by atoms with Gasteiger partial charge in [-0.1, -0.05) is 25.1 Å². The van der Waals surface area contributed by atoms with Crippen LogP contribution in [0.3, 0.4) is 0 Å². The molecule has 0 radical (unpaired) electrons. The Balaban J connectivity index is 2.13. The molecule has 1 heterocycles. The fraction of sp³-hybridized carbons (Fsp3) is 0.235. The van der Waals surface area contributed by atoms with Crippen LogP contribution in [-0.2, 0) is 0 Å². The topological polar surface area (TPSA) is 71.1 Å². The minimum Gasteiger partial charge on any atom is -0.352 e. The van der Waals surface area contributed by atoms with Gasteiger partial charge in [-0.15, -0.1) is 0 Å². The Morgan fingerprint density at radius 1 is 1.09 bits per heavy atom. The van der Waals surface area contributed by atoms with Crippen LogP contribution in [-0.4, -0.2) is 23.3 Å². The molecule has 0 atom stereocenters. The summed E-state index contributed by atoms with van der Waals surface area (Å²) < 4.78 is 0. The third-order valence-corrected chi connectivity index (χ3v) is 3.19. The van der Waals surface area contributed by atoms with Gasteiger partial charge in [0.25, 0.3) is 11.8 Å². The maximum Gasteiger partial charge on any atom is 0.257 e. The molecule has 5 heteroatoms. The average Bonchev–Trinajstić information content (AvgIpc) is 2.54. The first kappa shape index (κ1) is 15.7. The number of hydrogen-bond donors (Lipinski definition) is 2. The lowest BCUT2D eigenvalue weighted by Crippen LogP contribution is -2.24. The van der Waals surface area contributed by atoms with Gasteiger partial charge in [0, 0.05) is 24.6 Å². The number of carbonyl (C=O) groups excluding carboxylic acids is 2. The second kappa shape index (κ2) is 7.36. The fourth-order valence-corrected chi connectivity index (χ4v) is 1.94. The molecule has 1 aromatic carbocycles. The van der Waals surface area contributed by atoms with Gasteiger partial charge in [0.15, 0.2) is 0 Å². The molecule has 0 bridgehead atoms. The summed E-state index contributed by atoms with van der Waals surface area (Å²) in [4.78, 5) is 28.2. The zero-order valence-corrected chi connectivity index (χ0v) is 12.7. The molecule has 2 amide bonds. The van der Waals surface area contributed by atoms with E-state index in [2.05, 4.69) is 15.6 Å². The van der Waals surface area contributed by atoms with Crippen molar-refractivity contribution >= 4 is 17.5 Å². The molecule has 0 fully saturated rings. The summed E-state index contributed by atoms with van der Waals surface area (Å²) in [6.07, 6.45) is 3.76. The summed E-state index contributed by atoms with van der Waals surface area (Å²) >= 11 is 0. The van der Waals surface area contributed by atoms with Gasteiger partial charge in [-0.25, -0.2) is 0 Å². The number of aromatic nitrogens is 1. The molecular formula is C17H19N3O2. The lowest BCUT2D eigenvalue weighted by molar-refractivity contribution is 0.0953. The number of para-hydroxylation sites is 1. The molecule has 0 saturated heterocycles. The maximum atomic E-state index is 12.3. The van der Waals surface area contributed by atoms with Crippen molar-refractivity contribution in [3.8, 4) is 0 Å². The van der Waals surface area contributed by atoms with Crippen LogP contribution in [0, 0.1) is 6.92 Å². The van der Waals surface area contributed by atoms with Crippen molar-refractivity contribution in [3.05, 3.63) is 59.4 Å². The Bertz CT molecular complexity index is 683. The molecule has 2 aromatic rings. The lowest BCUT2D eigenvalue weighted by atomic mass is 10.1. The van der Waals surface area contributed by atoms with Crippen molar-refractivity contribution in [1.82, 2.24) is 10.3 Å². The van der Waals surface area contributed by atoms with Gasteiger partial charge in [0.1, 0.15) is 0 Å². The minimum absolute atomic E-state index is 0.222. The molecule has 0 saturated carbocycles. The first-order valence-electron chi connectivity index (χ1n) is 7.22. The van der Waals surface area contributed by atoms with Gasteiger partial charge in [0.2, 0.25) is 0 Å². The first-order chi connectivity index (χ1) is 10.6. The first-order valence-corrected chi connectivity index (χ1v) is 7.22. The summed E-state index contributed by atoms with van der Waals surface area (Å²) in [5.41, 5.74) is 2.45. The summed E-state index contributed by atoms with van der Waals surface area (Å²) in [5.74, 6) is -0.508. The smallest absolute Gasteiger partial charge is 0.257 e. The van der Waals surface area contributed by atoms with Crippen molar-refractivity contribution in [1.29, 1.82) is 0 Å². The van der Waals surface area contributed by atoms with Gasteiger partial charge >= 0.3 is 0 Å². The lowest BCUT2D eigenvalue weighted by Gasteiger charge is -2.09. The monoisotopic (exact) mass is 297 g/mol. The third kappa shape index (κ3) is 3.91. The van der Waals surface area contributed by atoms with E-state index in [1.807, 2.05) is 38.1 Å². The van der Waals surface area contributed by atoms with Crippen LogP contribution in [0.4, 0.5) is 5.69 Å². The van der Waals surface area contributed by atoms with E-state index in [0.29, 0.717) is 17.7 Å². The van der Waals surface area contributed by atoms with E-state index in [-0.39, 0.29) is 11.8 Å². The average molecular weight is 297 g/mol. The number of nitrogens with one attached hydrogen (secondary N) is 2. The minimum atomic E-state index is -0.285. The van der Waals surface area contributed by atoms with E-state index in [4.69, 9.17) is 0 Å². The predicted octanol–water partition coefficient (Wildman–Crippen LogP) is 2.78. The summed E-state index contributed by atoms with van der Waals surface area (Å²) in [7, 11) is 0. The Labute approximate surface area is 129 Å². The molecule has 22 heavy (non-hydrogen) atoms. The zero-order chi connectivity index (χ0) is 15.9. The quantitative estimate of drug-likeness (QED) is 0.891. The van der Waals surface area contributed by atoms with Gasteiger partial charge < -0.3 is 10.6 Å². The highest BCUT2D eigenvalue weighted by Gasteiger charge is 2.11. The van der Waals surface area contributed by atoms with Crippen molar-refractivity contribution < 1.29 is 9.59 Å². The SMILES string of the molecule is CCCNC(=O)c1cncc(C(=O)Nc2ccccc2C)c1. The third-order valence-electron chi connectivity index (χ3n) is 3.19. The molecule has 5 nitrogen and oxygen atoms in total. The highest BCUT2D eigenvalue weighted by atomic mass is 16.2. The van der Waals surface area contributed by atoms with Crippen molar-refractivity contribution in [2.75, 3.05) is 11.9 Å². The Morgan fingerprint density at radius 2 is 1.77 bits per heavy atom. The molecule has 2 rings (SSSR count). The van der Waals surface area contributed by atoms with Crippen molar-refractivity contribution in [2.45, 2.75) is 20.3 Å². The number of rotatable bonds is 5. The molecule has 0 unspecified atom stereocenters. The molecule has 0 aliphatic carbocycles. The second-order valence-corrected chi connectivity index (χ2v) is 4.99. The van der Waals surface area contributed by atoms with Crippen molar-refractivity contribution in [3.63, 3.8) is 0 Å². The van der Waals surface area contributed by atoms with E-state index in [9.17, 15) is 9.59 Å². The fourth-order valence-electron chi connectivity index (χ4n) is 1.94. The van der Waals surface area contributed by atoms with E-state index in [1.165, 1.54) is 12.4 Å². The predicted molar refractivity (Wildman–Crippen MR) is 86.0 cm³/mol. The van der Waals surface area contributed by atoms with Gasteiger partial charge in [0.05, 0.1) is 11.1 Å². The van der Waals surface area contributed by atoms with E-state index in [0.717, 1.165) is 17.7 Å². The Kier molecular flexibility index (Phi) is 5.25. The number of benzene rings is 1. The Morgan fingerprint density at radius 3 is 2.45 bits per heavy atom. The maximum absolute atomic E-state index is 12.3. The molecule has 0 aliphatic heterocycles. The van der Waals surface area contributed by atoms with Crippen LogP contribution in [0.15, 0.2) is 42.7 Å². The standard InChI is InChI=1S/C17H19N3O2/c1-3-8-19-16(21)13-9-14(11-18-10-13)17(22)20-15-7-5-4-6-12(15)2/h4-7,9-11H,3,8H2,1-2H3,(H,19,21)(H,20,22). The van der Waals surface area contributed by atoms with Gasteiger partial charge in [-0.3, -0.25) is 14.6 Å². The normalized spacial score (nSPS) is 10.1. The number of nitrogens with zero attached hydrogens (tertiary/aromatic N) is 1. The second-order valence-electron chi connectivity index (χ2n) is 4.99. The molecule has 0 aliphatic rings. The number of aryl methyl sites for hydroxylation is 1. The van der Waals surface area contributed by atoms with E-state index in [1.54, 1.807) is 6.07 Å². The van der Waals surface area contributed by atoms with Crippen molar-refractivity contribution in [2.24, 2.45) is 0 Å². The Hall–Kier alpha value is -2.69. The van der Waals surface area contributed by atoms with E-state index >= 15 is 0 Å². The number of carbonyl (C=O) groups is 2. The number of anilines is 1. The molecule has 1 aromatic heterocycles. The van der Waals surface area contributed by atoms with Crippen LogP contribution in [0.2, 0.25) is 0 Å². The summed E-state index contributed by atoms with van der Waals surface area (Å²) in [5, 5.41) is 5.59. The molecule has 2 N–H and O–H groups in total. The molecule has 0 spiro atoms. The highest BCUT2D eigenvalue weighted by molar-refractivity contribution is 6.06. The van der Waals surface area contributed by atoms with Gasteiger partial charge in [-0.2, -0.15) is 0 Å². The van der Waals surface area contributed by atoms with Crippen LogP contribution in [0.1, 0.15) is 39.6 Å². The number of hydrogen-bond acceptors (Lipinski definition) is 3. The van der Waals surface area contributed by atoms with Crippen LogP contribution < -0.4 is 10.6 Å². The largest absolute Gasteiger partial charge is 0.352 e. The van der Waals surface area contributed by atoms with Crippen LogP contribution in [0.5, 0.6) is 0 Å². The van der Waals surface area contributed by atoms with E-state index < -0.39 is 0 Å². The summed E-state index contributed by atoms with van der Waals surface area (Å²) in [6.45, 7) is 4.49. The molecule has 114 valence electrons.